The molecule has 1 heterocycles. The lowest BCUT2D eigenvalue weighted by Crippen LogP contribution is -2.39. The van der Waals surface area contributed by atoms with Gasteiger partial charge in [0, 0.05) is 12.6 Å². The maximum Gasteiger partial charge on any atom is 0.244 e. The van der Waals surface area contributed by atoms with Gasteiger partial charge in [-0.3, -0.25) is 4.68 Å². The van der Waals surface area contributed by atoms with Gasteiger partial charge < -0.3 is 10.0 Å². The monoisotopic (exact) mass is 304 g/mol. The first-order valence-corrected chi connectivity index (χ1v) is 7.99. The van der Waals surface area contributed by atoms with Crippen molar-refractivity contribution in [3.8, 4) is 0 Å². The summed E-state index contributed by atoms with van der Waals surface area (Å²) in [6.45, 7) is 6.00. The SMILES string of the molecule is Cc1nn(CCO)c(C)c1S(=O)(=O)NC(C)CN(C)C. The van der Waals surface area contributed by atoms with Crippen LogP contribution in [-0.2, 0) is 16.6 Å². The summed E-state index contributed by atoms with van der Waals surface area (Å²) < 4.78 is 29.0. The number of hydrogen-bond acceptors (Lipinski definition) is 5. The van der Waals surface area contributed by atoms with Gasteiger partial charge in [-0.1, -0.05) is 0 Å². The Kier molecular flexibility index (Phi) is 5.69. The number of sulfonamides is 1. The molecular weight excluding hydrogens is 280 g/mol. The Bertz CT molecular complexity index is 551. The second kappa shape index (κ2) is 6.66. The molecule has 0 saturated carbocycles. The summed E-state index contributed by atoms with van der Waals surface area (Å²) in [5.41, 5.74) is 0.988. The molecule has 0 amide bonds. The zero-order valence-electron chi connectivity index (χ0n) is 12.7. The van der Waals surface area contributed by atoms with Crippen molar-refractivity contribution >= 4 is 10.0 Å². The molecule has 116 valence electrons. The fraction of sp³-hybridized carbons (Fsp3) is 0.750. The summed E-state index contributed by atoms with van der Waals surface area (Å²) in [7, 11) is 0.173. The van der Waals surface area contributed by atoms with Crippen LogP contribution in [0.4, 0.5) is 0 Å². The van der Waals surface area contributed by atoms with Crippen LogP contribution in [0.2, 0.25) is 0 Å². The average Bonchev–Trinajstić information content (AvgIpc) is 2.52. The second-order valence-corrected chi connectivity index (χ2v) is 6.88. The number of aliphatic hydroxyl groups is 1. The van der Waals surface area contributed by atoms with Gasteiger partial charge in [0.2, 0.25) is 10.0 Å². The lowest BCUT2D eigenvalue weighted by Gasteiger charge is -2.18. The average molecular weight is 304 g/mol. The molecule has 0 aromatic carbocycles. The van der Waals surface area contributed by atoms with Crippen molar-refractivity contribution < 1.29 is 13.5 Å². The zero-order chi connectivity index (χ0) is 15.5. The molecule has 0 aliphatic carbocycles. The quantitative estimate of drug-likeness (QED) is 0.723. The third-order valence-electron chi connectivity index (χ3n) is 2.89. The van der Waals surface area contributed by atoms with Gasteiger partial charge >= 0.3 is 0 Å². The Labute approximate surface area is 120 Å². The van der Waals surface area contributed by atoms with E-state index in [-0.39, 0.29) is 24.1 Å². The topological polar surface area (TPSA) is 87.5 Å². The maximum atomic E-state index is 12.4. The van der Waals surface area contributed by atoms with E-state index in [2.05, 4.69) is 9.82 Å². The number of rotatable bonds is 7. The highest BCUT2D eigenvalue weighted by molar-refractivity contribution is 7.89. The molecule has 0 radical (unpaired) electrons. The minimum absolute atomic E-state index is 0.0775. The van der Waals surface area contributed by atoms with E-state index < -0.39 is 10.0 Å². The van der Waals surface area contributed by atoms with Crippen LogP contribution >= 0.6 is 0 Å². The van der Waals surface area contributed by atoms with Gasteiger partial charge in [0.1, 0.15) is 4.90 Å². The summed E-state index contributed by atoms with van der Waals surface area (Å²) in [5, 5.41) is 13.1. The lowest BCUT2D eigenvalue weighted by molar-refractivity contribution is 0.267. The largest absolute Gasteiger partial charge is 0.394 e. The Balaban J connectivity index is 3.04. The van der Waals surface area contributed by atoms with E-state index >= 15 is 0 Å². The van der Waals surface area contributed by atoms with Crippen LogP contribution in [0.15, 0.2) is 4.90 Å². The van der Waals surface area contributed by atoms with Gasteiger partial charge in [-0.05, 0) is 34.9 Å². The fourth-order valence-electron chi connectivity index (χ4n) is 2.29. The molecule has 0 aliphatic heterocycles. The molecule has 0 fully saturated rings. The van der Waals surface area contributed by atoms with E-state index in [1.807, 2.05) is 25.9 Å². The number of likely N-dealkylation sites (N-methyl/N-ethyl adjacent to an activating group) is 1. The van der Waals surface area contributed by atoms with Crippen LogP contribution in [0.25, 0.3) is 0 Å². The number of aromatic nitrogens is 2. The summed E-state index contributed by atoms with van der Waals surface area (Å²) in [6, 6.07) is -0.199. The third-order valence-corrected chi connectivity index (χ3v) is 4.73. The summed E-state index contributed by atoms with van der Waals surface area (Å²) in [4.78, 5) is 2.12. The van der Waals surface area contributed by atoms with E-state index in [0.29, 0.717) is 17.9 Å². The van der Waals surface area contributed by atoms with Gasteiger partial charge in [-0.15, -0.1) is 0 Å². The number of nitrogens with zero attached hydrogens (tertiary/aromatic N) is 3. The molecule has 1 rings (SSSR count). The first-order valence-electron chi connectivity index (χ1n) is 6.51. The standard InChI is InChI=1S/C12H24N4O3S/c1-9(8-15(4)5)14-20(18,19)12-10(2)13-16(6-7-17)11(12)3/h9,14,17H,6-8H2,1-5H3. The van der Waals surface area contributed by atoms with Gasteiger partial charge in [0.05, 0.1) is 24.5 Å². The van der Waals surface area contributed by atoms with Crippen LogP contribution in [-0.4, -0.2) is 61.5 Å². The Morgan fingerprint density at radius 1 is 1.40 bits per heavy atom. The van der Waals surface area contributed by atoms with E-state index in [9.17, 15) is 8.42 Å². The molecule has 1 atom stereocenters. The highest BCUT2D eigenvalue weighted by Crippen LogP contribution is 2.19. The zero-order valence-corrected chi connectivity index (χ0v) is 13.5. The van der Waals surface area contributed by atoms with E-state index in [1.165, 1.54) is 4.68 Å². The molecule has 0 bridgehead atoms. The molecule has 20 heavy (non-hydrogen) atoms. The van der Waals surface area contributed by atoms with E-state index in [1.54, 1.807) is 13.8 Å². The second-order valence-electron chi connectivity index (χ2n) is 5.23. The minimum Gasteiger partial charge on any atom is -0.394 e. The number of nitrogens with one attached hydrogen (secondary N) is 1. The minimum atomic E-state index is -3.61. The predicted molar refractivity (Wildman–Crippen MR) is 77.1 cm³/mol. The van der Waals surface area contributed by atoms with Gasteiger partial charge in [0.25, 0.3) is 0 Å². The highest BCUT2D eigenvalue weighted by Gasteiger charge is 2.26. The van der Waals surface area contributed by atoms with Gasteiger partial charge in [0.15, 0.2) is 0 Å². The number of aryl methyl sites for hydroxylation is 1. The molecule has 1 aromatic heterocycles. The van der Waals surface area contributed by atoms with Crippen LogP contribution in [0, 0.1) is 13.8 Å². The third kappa shape index (κ3) is 4.02. The lowest BCUT2D eigenvalue weighted by atomic mass is 10.3. The van der Waals surface area contributed by atoms with Crippen molar-refractivity contribution in [1.82, 2.24) is 19.4 Å². The Hall–Kier alpha value is -0.960. The van der Waals surface area contributed by atoms with Crippen molar-refractivity contribution in [2.45, 2.75) is 38.3 Å². The van der Waals surface area contributed by atoms with Crippen molar-refractivity contribution in [2.24, 2.45) is 0 Å². The molecule has 2 N–H and O–H groups in total. The molecule has 1 aromatic rings. The molecule has 7 nitrogen and oxygen atoms in total. The van der Waals surface area contributed by atoms with Crippen LogP contribution < -0.4 is 4.72 Å². The normalized spacial score (nSPS) is 13.9. The summed E-state index contributed by atoms with van der Waals surface area (Å²) in [5.74, 6) is 0. The number of aliphatic hydroxyl groups excluding tert-OH is 1. The first kappa shape index (κ1) is 17.1. The molecule has 0 aliphatic rings. The smallest absolute Gasteiger partial charge is 0.244 e. The van der Waals surface area contributed by atoms with Crippen LogP contribution in [0.3, 0.4) is 0 Å². The first-order chi connectivity index (χ1) is 9.19. The van der Waals surface area contributed by atoms with Gasteiger partial charge in [-0.25, -0.2) is 13.1 Å². The number of hydrogen-bond donors (Lipinski definition) is 2. The van der Waals surface area contributed by atoms with E-state index in [4.69, 9.17) is 5.11 Å². The summed E-state index contributed by atoms with van der Waals surface area (Å²) >= 11 is 0. The molecule has 8 heteroatoms. The summed E-state index contributed by atoms with van der Waals surface area (Å²) in [6.07, 6.45) is 0. The van der Waals surface area contributed by atoms with Crippen molar-refractivity contribution in [3.63, 3.8) is 0 Å². The van der Waals surface area contributed by atoms with Crippen molar-refractivity contribution in [3.05, 3.63) is 11.4 Å². The van der Waals surface area contributed by atoms with Crippen molar-refractivity contribution in [1.29, 1.82) is 0 Å². The predicted octanol–water partition coefficient (Wildman–Crippen LogP) is -0.279. The van der Waals surface area contributed by atoms with Crippen LogP contribution in [0.1, 0.15) is 18.3 Å². The fourth-order valence-corrected chi connectivity index (χ4v) is 3.94. The Morgan fingerprint density at radius 2 is 2.00 bits per heavy atom. The van der Waals surface area contributed by atoms with Gasteiger partial charge in [-0.2, -0.15) is 5.10 Å². The molecule has 0 saturated heterocycles. The Morgan fingerprint density at radius 3 is 2.50 bits per heavy atom. The molecule has 1 unspecified atom stereocenters. The maximum absolute atomic E-state index is 12.4. The van der Waals surface area contributed by atoms with Crippen LogP contribution in [0.5, 0.6) is 0 Å². The molecule has 0 spiro atoms. The highest BCUT2D eigenvalue weighted by atomic mass is 32.2. The van der Waals surface area contributed by atoms with Crippen molar-refractivity contribution in [2.75, 3.05) is 27.2 Å². The molecular formula is C12H24N4O3S. The van der Waals surface area contributed by atoms with E-state index in [0.717, 1.165) is 0 Å².